The quantitative estimate of drug-likeness (QED) is 0.495. The largest absolute Gasteiger partial charge is 0.339 e. The highest BCUT2D eigenvalue weighted by atomic mass is 16.2. The highest BCUT2D eigenvalue weighted by molar-refractivity contribution is 5.94. The predicted molar refractivity (Wildman–Crippen MR) is 122 cm³/mol. The van der Waals surface area contributed by atoms with Crippen LogP contribution in [0.4, 0.5) is 0 Å². The molecule has 1 amide bonds. The molecule has 0 saturated carbocycles. The van der Waals surface area contributed by atoms with Crippen molar-refractivity contribution in [2.75, 3.05) is 13.1 Å². The van der Waals surface area contributed by atoms with E-state index in [1.165, 1.54) is 12.0 Å². The van der Waals surface area contributed by atoms with E-state index in [2.05, 4.69) is 13.0 Å². The third-order valence-corrected chi connectivity index (χ3v) is 6.03. The number of hydrogen-bond acceptors (Lipinski definition) is 3. The lowest BCUT2D eigenvalue weighted by molar-refractivity contribution is 0.0724. The molecular weight excluding hydrogens is 386 g/mol. The Morgan fingerprint density at radius 2 is 1.71 bits per heavy atom. The Bertz CT molecular complexity index is 1220. The summed E-state index contributed by atoms with van der Waals surface area (Å²) in [6.07, 6.45) is 7.44. The highest BCUT2D eigenvalue weighted by Gasteiger charge is 2.19. The van der Waals surface area contributed by atoms with Gasteiger partial charge < -0.3 is 9.47 Å². The van der Waals surface area contributed by atoms with Gasteiger partial charge in [-0.25, -0.2) is 9.67 Å². The molecule has 4 aromatic rings. The average molecular weight is 414 g/mol. The monoisotopic (exact) mass is 413 g/mol. The third-order valence-electron chi connectivity index (χ3n) is 6.03. The summed E-state index contributed by atoms with van der Waals surface area (Å²) in [4.78, 5) is 19.5. The van der Waals surface area contributed by atoms with Crippen LogP contribution >= 0.6 is 0 Å². The number of fused-ring (bicyclic) bond motifs is 1. The van der Waals surface area contributed by atoms with Gasteiger partial charge in [-0.2, -0.15) is 5.10 Å². The maximum Gasteiger partial charge on any atom is 0.253 e. The van der Waals surface area contributed by atoms with Crippen molar-refractivity contribution in [3.63, 3.8) is 0 Å². The van der Waals surface area contributed by atoms with E-state index in [9.17, 15) is 4.79 Å². The summed E-state index contributed by atoms with van der Waals surface area (Å²) in [5.41, 5.74) is 4.88. The second-order valence-corrected chi connectivity index (χ2v) is 8.40. The van der Waals surface area contributed by atoms with E-state index < -0.39 is 0 Å². The minimum Gasteiger partial charge on any atom is -0.339 e. The number of carbonyl (C=O) groups is 1. The van der Waals surface area contributed by atoms with Crippen molar-refractivity contribution in [3.05, 3.63) is 77.2 Å². The molecule has 0 aliphatic carbocycles. The SMILES string of the molecule is Cc1cc(C)c2c(-n3cccc3)nn(Cc3ccc(C(=O)N4CCCCC4)cc3)c2n1. The zero-order valence-electron chi connectivity index (χ0n) is 18.1. The summed E-state index contributed by atoms with van der Waals surface area (Å²) in [6, 6.07) is 14.0. The minimum atomic E-state index is 0.138. The van der Waals surface area contributed by atoms with Crippen LogP contribution < -0.4 is 0 Å². The third kappa shape index (κ3) is 3.74. The molecule has 0 bridgehead atoms. The first-order valence-corrected chi connectivity index (χ1v) is 11.0. The second kappa shape index (κ2) is 8.02. The molecule has 3 aromatic heterocycles. The average Bonchev–Trinajstić information content (AvgIpc) is 3.43. The summed E-state index contributed by atoms with van der Waals surface area (Å²) in [6.45, 7) is 6.46. The van der Waals surface area contributed by atoms with Gasteiger partial charge in [0, 0.05) is 36.7 Å². The Labute approximate surface area is 182 Å². The molecule has 0 unspecified atom stereocenters. The maximum absolute atomic E-state index is 12.7. The number of aryl methyl sites for hydroxylation is 2. The molecule has 6 heteroatoms. The van der Waals surface area contributed by atoms with Gasteiger partial charge in [0.15, 0.2) is 11.5 Å². The molecule has 1 aliphatic rings. The lowest BCUT2D eigenvalue weighted by Gasteiger charge is -2.26. The van der Waals surface area contributed by atoms with Crippen LogP contribution in [0.15, 0.2) is 54.9 Å². The first-order chi connectivity index (χ1) is 15.1. The summed E-state index contributed by atoms with van der Waals surface area (Å²) in [5, 5.41) is 5.97. The molecule has 1 saturated heterocycles. The van der Waals surface area contributed by atoms with Gasteiger partial charge in [0.05, 0.1) is 11.9 Å². The molecule has 4 heterocycles. The van der Waals surface area contributed by atoms with E-state index in [1.54, 1.807) is 0 Å². The fraction of sp³-hybridized carbons (Fsp3) is 0.320. The Morgan fingerprint density at radius 3 is 2.42 bits per heavy atom. The van der Waals surface area contributed by atoms with Crippen LogP contribution in [-0.2, 0) is 6.54 Å². The molecule has 5 rings (SSSR count). The van der Waals surface area contributed by atoms with Crippen LogP contribution in [0.1, 0.15) is 46.4 Å². The number of piperidine rings is 1. The van der Waals surface area contributed by atoms with Crippen LogP contribution in [0.25, 0.3) is 16.9 Å². The second-order valence-electron chi connectivity index (χ2n) is 8.40. The van der Waals surface area contributed by atoms with Crippen LogP contribution in [0.2, 0.25) is 0 Å². The Kier molecular flexibility index (Phi) is 5.06. The Morgan fingerprint density at radius 1 is 1.00 bits per heavy atom. The topological polar surface area (TPSA) is 56.0 Å². The summed E-state index contributed by atoms with van der Waals surface area (Å²) < 4.78 is 4.00. The molecular formula is C25H27N5O. The van der Waals surface area contributed by atoms with Gasteiger partial charge in [0.25, 0.3) is 5.91 Å². The molecule has 1 fully saturated rings. The zero-order valence-corrected chi connectivity index (χ0v) is 18.1. The van der Waals surface area contributed by atoms with Crippen molar-refractivity contribution in [3.8, 4) is 5.82 Å². The van der Waals surface area contributed by atoms with Gasteiger partial charge in [0.2, 0.25) is 0 Å². The van der Waals surface area contributed by atoms with Crippen molar-refractivity contribution in [1.82, 2.24) is 24.2 Å². The first-order valence-electron chi connectivity index (χ1n) is 11.0. The Hall–Kier alpha value is -3.41. The predicted octanol–water partition coefficient (Wildman–Crippen LogP) is 4.51. The minimum absolute atomic E-state index is 0.138. The van der Waals surface area contributed by atoms with Crippen molar-refractivity contribution >= 4 is 16.9 Å². The van der Waals surface area contributed by atoms with Gasteiger partial charge in [0.1, 0.15) is 0 Å². The number of carbonyl (C=O) groups excluding carboxylic acids is 1. The van der Waals surface area contributed by atoms with Gasteiger partial charge >= 0.3 is 0 Å². The van der Waals surface area contributed by atoms with E-state index in [0.29, 0.717) is 6.54 Å². The van der Waals surface area contributed by atoms with Crippen molar-refractivity contribution in [2.45, 2.75) is 39.7 Å². The van der Waals surface area contributed by atoms with E-state index in [-0.39, 0.29) is 5.91 Å². The molecule has 0 radical (unpaired) electrons. The highest BCUT2D eigenvalue weighted by Crippen LogP contribution is 2.26. The lowest BCUT2D eigenvalue weighted by Crippen LogP contribution is -2.35. The van der Waals surface area contributed by atoms with Crippen LogP contribution in [0.3, 0.4) is 0 Å². The van der Waals surface area contributed by atoms with E-state index >= 15 is 0 Å². The standard InChI is InChI=1S/C25H27N5O/c1-18-16-19(2)26-23-22(18)24(28-12-6-7-13-28)27-30(23)17-20-8-10-21(11-9-20)25(31)29-14-4-3-5-15-29/h6-13,16H,3-5,14-15,17H2,1-2H3. The molecule has 158 valence electrons. The lowest BCUT2D eigenvalue weighted by atomic mass is 10.1. The van der Waals surface area contributed by atoms with E-state index in [0.717, 1.165) is 59.6 Å². The summed E-state index contributed by atoms with van der Waals surface area (Å²) >= 11 is 0. The number of nitrogens with zero attached hydrogens (tertiary/aromatic N) is 5. The van der Waals surface area contributed by atoms with Crippen molar-refractivity contribution in [1.29, 1.82) is 0 Å². The molecule has 31 heavy (non-hydrogen) atoms. The van der Waals surface area contributed by atoms with Crippen molar-refractivity contribution in [2.24, 2.45) is 0 Å². The number of amides is 1. The van der Waals surface area contributed by atoms with Gasteiger partial charge in [-0.3, -0.25) is 4.79 Å². The molecule has 6 nitrogen and oxygen atoms in total. The van der Waals surface area contributed by atoms with Crippen LogP contribution in [-0.4, -0.2) is 43.2 Å². The van der Waals surface area contributed by atoms with Gasteiger partial charge in [-0.1, -0.05) is 12.1 Å². The fourth-order valence-electron chi connectivity index (χ4n) is 4.46. The van der Waals surface area contributed by atoms with Gasteiger partial charge in [-0.15, -0.1) is 0 Å². The zero-order chi connectivity index (χ0) is 21.4. The summed E-state index contributed by atoms with van der Waals surface area (Å²) in [5.74, 6) is 1.03. The summed E-state index contributed by atoms with van der Waals surface area (Å²) in [7, 11) is 0. The number of rotatable bonds is 4. The maximum atomic E-state index is 12.7. The number of benzene rings is 1. The van der Waals surface area contributed by atoms with E-state index in [1.807, 2.05) is 69.9 Å². The van der Waals surface area contributed by atoms with Crippen LogP contribution in [0, 0.1) is 13.8 Å². The molecule has 0 N–H and O–H groups in total. The first kappa shape index (κ1) is 19.5. The molecule has 1 aromatic carbocycles. The number of hydrogen-bond donors (Lipinski definition) is 0. The van der Waals surface area contributed by atoms with Crippen molar-refractivity contribution < 1.29 is 4.79 Å². The number of aromatic nitrogens is 4. The molecule has 1 aliphatic heterocycles. The fourth-order valence-corrected chi connectivity index (χ4v) is 4.46. The van der Waals surface area contributed by atoms with E-state index in [4.69, 9.17) is 10.1 Å². The molecule has 0 atom stereocenters. The number of likely N-dealkylation sites (tertiary alicyclic amines) is 1. The number of pyridine rings is 1. The smallest absolute Gasteiger partial charge is 0.253 e. The normalized spacial score (nSPS) is 14.3. The van der Waals surface area contributed by atoms with Crippen LogP contribution in [0.5, 0.6) is 0 Å². The Balaban J connectivity index is 1.46. The molecule has 0 spiro atoms. The van der Waals surface area contributed by atoms with Gasteiger partial charge in [-0.05, 0) is 74.6 Å².